The van der Waals surface area contributed by atoms with Gasteiger partial charge in [-0.2, -0.15) is 0 Å². The first-order valence-corrected chi connectivity index (χ1v) is 15.2. The third-order valence-corrected chi connectivity index (χ3v) is 8.16. The molecule has 1 rings (SSSR count). The molecule has 2 nitrogen and oxygen atoms in total. The predicted octanol–water partition coefficient (Wildman–Crippen LogP) is 8.53. The second kappa shape index (κ2) is 21.0. The van der Waals surface area contributed by atoms with Crippen molar-refractivity contribution in [1.29, 1.82) is 0 Å². The topological polar surface area (TPSA) is 6.48 Å². The Morgan fingerprint density at radius 3 is 1.94 bits per heavy atom. The van der Waals surface area contributed by atoms with Gasteiger partial charge in [-0.3, -0.25) is 0 Å². The van der Waals surface area contributed by atoms with Crippen LogP contribution in [0.25, 0.3) is 0 Å². The Bertz CT molecular complexity index is 368. The molecular formula is C28H57BrN2. The number of rotatable bonds is 21. The Labute approximate surface area is 205 Å². The number of hydrogen-bond acceptors (Lipinski definition) is 2. The quantitative estimate of drug-likeness (QED) is 0.115. The molecule has 1 atom stereocenters. The van der Waals surface area contributed by atoms with Crippen molar-refractivity contribution in [2.45, 2.75) is 122 Å². The average Bonchev–Trinajstić information content (AvgIpc) is 2.77. The third-order valence-electron chi connectivity index (χ3n) is 7.60. The van der Waals surface area contributed by atoms with Crippen LogP contribution in [-0.4, -0.2) is 55.4 Å². The molecule has 1 aliphatic rings. The molecule has 0 aromatic carbocycles. The highest BCUT2D eigenvalue weighted by atomic mass is 79.9. The van der Waals surface area contributed by atoms with Crippen LogP contribution in [0.5, 0.6) is 0 Å². The van der Waals surface area contributed by atoms with Gasteiger partial charge in [-0.25, -0.2) is 0 Å². The Hall–Kier alpha value is 0.400. The van der Waals surface area contributed by atoms with Crippen LogP contribution in [0.2, 0.25) is 0 Å². The van der Waals surface area contributed by atoms with Crippen molar-refractivity contribution in [3.05, 3.63) is 0 Å². The predicted molar refractivity (Wildman–Crippen MR) is 145 cm³/mol. The van der Waals surface area contributed by atoms with Crippen molar-refractivity contribution in [2.24, 2.45) is 11.8 Å². The lowest BCUT2D eigenvalue weighted by Crippen LogP contribution is -2.30. The van der Waals surface area contributed by atoms with E-state index in [2.05, 4.69) is 46.7 Å². The van der Waals surface area contributed by atoms with Gasteiger partial charge in [0.25, 0.3) is 0 Å². The fraction of sp³-hybridized carbons (Fsp3) is 1.00. The number of halogens is 1. The first-order chi connectivity index (χ1) is 15.2. The molecule has 0 bridgehead atoms. The Balaban J connectivity index is 1.97. The van der Waals surface area contributed by atoms with Gasteiger partial charge in [-0.15, -0.1) is 0 Å². The van der Waals surface area contributed by atoms with Crippen molar-refractivity contribution >= 4 is 15.9 Å². The number of alkyl halides is 1. The van der Waals surface area contributed by atoms with E-state index in [0.717, 1.165) is 11.8 Å². The fourth-order valence-electron chi connectivity index (χ4n) is 5.29. The zero-order chi connectivity index (χ0) is 22.6. The van der Waals surface area contributed by atoms with Crippen molar-refractivity contribution in [3.63, 3.8) is 0 Å². The van der Waals surface area contributed by atoms with E-state index in [1.54, 1.807) is 0 Å². The van der Waals surface area contributed by atoms with E-state index in [0.29, 0.717) is 0 Å². The molecule has 3 heteroatoms. The van der Waals surface area contributed by atoms with E-state index < -0.39 is 0 Å². The van der Waals surface area contributed by atoms with Crippen LogP contribution in [0, 0.1) is 11.8 Å². The van der Waals surface area contributed by atoms with E-state index in [1.807, 2.05) is 0 Å². The Morgan fingerprint density at radius 2 is 1.35 bits per heavy atom. The maximum atomic E-state index is 3.52. The minimum absolute atomic E-state index is 0.966. The van der Waals surface area contributed by atoms with Crippen LogP contribution in [0.1, 0.15) is 122 Å². The van der Waals surface area contributed by atoms with Crippen LogP contribution in [0.3, 0.4) is 0 Å². The molecule has 0 amide bonds. The highest BCUT2D eigenvalue weighted by Gasteiger charge is 2.17. The standard InChI is InChI=1S/C28H57BrN2/c1-4-16-27(17-15-18-28-20-25-31(3)26-21-28)19-24-30(2)23-14-12-10-8-6-5-7-9-11-13-22-29/h27-28H,4-26H2,1-3H3. The van der Waals surface area contributed by atoms with Gasteiger partial charge < -0.3 is 9.80 Å². The lowest BCUT2D eigenvalue weighted by atomic mass is 9.87. The smallest absolute Gasteiger partial charge is 0.00313 e. The van der Waals surface area contributed by atoms with Crippen LogP contribution >= 0.6 is 15.9 Å². The molecule has 1 aliphatic heterocycles. The highest BCUT2D eigenvalue weighted by molar-refractivity contribution is 9.09. The van der Waals surface area contributed by atoms with Crippen LogP contribution in [-0.2, 0) is 0 Å². The molecule has 0 aliphatic carbocycles. The summed E-state index contributed by atoms with van der Waals surface area (Å²) in [4.78, 5) is 5.12. The van der Waals surface area contributed by atoms with Crippen molar-refractivity contribution < 1.29 is 0 Å². The SMILES string of the molecule is CCCC(CCCC1CCN(C)CC1)CCN(C)CCCCCCCCCCCCBr. The van der Waals surface area contributed by atoms with Gasteiger partial charge in [-0.1, -0.05) is 106 Å². The lowest BCUT2D eigenvalue weighted by molar-refractivity contribution is 0.205. The summed E-state index contributed by atoms with van der Waals surface area (Å²) in [6.45, 7) is 7.64. The summed E-state index contributed by atoms with van der Waals surface area (Å²) in [7, 11) is 4.63. The maximum absolute atomic E-state index is 3.52. The highest BCUT2D eigenvalue weighted by Crippen LogP contribution is 2.25. The zero-order valence-electron chi connectivity index (χ0n) is 21.7. The molecule has 186 valence electrons. The summed E-state index contributed by atoms with van der Waals surface area (Å²) in [6.07, 6.45) is 25.8. The van der Waals surface area contributed by atoms with Crippen molar-refractivity contribution in [3.8, 4) is 0 Å². The lowest BCUT2D eigenvalue weighted by Gasteiger charge is -2.29. The van der Waals surface area contributed by atoms with E-state index in [9.17, 15) is 0 Å². The van der Waals surface area contributed by atoms with Gasteiger partial charge in [0.05, 0.1) is 0 Å². The summed E-state index contributed by atoms with van der Waals surface area (Å²) in [5.74, 6) is 1.98. The first kappa shape index (κ1) is 29.4. The number of nitrogens with zero attached hydrogens (tertiary/aromatic N) is 2. The Morgan fingerprint density at radius 1 is 0.774 bits per heavy atom. The summed E-state index contributed by atoms with van der Waals surface area (Å²) >= 11 is 3.52. The molecule has 31 heavy (non-hydrogen) atoms. The summed E-state index contributed by atoms with van der Waals surface area (Å²) < 4.78 is 0. The molecule has 1 unspecified atom stereocenters. The summed E-state index contributed by atoms with van der Waals surface area (Å²) in [5, 5.41) is 1.18. The summed E-state index contributed by atoms with van der Waals surface area (Å²) in [6, 6.07) is 0. The number of piperidine rings is 1. The monoisotopic (exact) mass is 500 g/mol. The minimum Gasteiger partial charge on any atom is -0.306 e. The van der Waals surface area contributed by atoms with E-state index in [-0.39, 0.29) is 0 Å². The van der Waals surface area contributed by atoms with Gasteiger partial charge >= 0.3 is 0 Å². The van der Waals surface area contributed by atoms with E-state index >= 15 is 0 Å². The van der Waals surface area contributed by atoms with Crippen molar-refractivity contribution in [1.82, 2.24) is 9.80 Å². The molecule has 1 heterocycles. The maximum Gasteiger partial charge on any atom is 0.00313 e. The molecule has 0 aromatic heterocycles. The first-order valence-electron chi connectivity index (χ1n) is 14.1. The van der Waals surface area contributed by atoms with Gasteiger partial charge in [-0.05, 0) is 84.2 Å². The molecular weight excluding hydrogens is 444 g/mol. The molecule has 0 aromatic rings. The van der Waals surface area contributed by atoms with Crippen LogP contribution in [0.4, 0.5) is 0 Å². The zero-order valence-corrected chi connectivity index (χ0v) is 23.3. The fourth-order valence-corrected chi connectivity index (χ4v) is 5.69. The molecule has 1 fully saturated rings. The van der Waals surface area contributed by atoms with Gasteiger partial charge in [0.15, 0.2) is 0 Å². The second-order valence-corrected chi connectivity index (χ2v) is 11.4. The van der Waals surface area contributed by atoms with Gasteiger partial charge in [0.1, 0.15) is 0 Å². The normalized spacial score (nSPS) is 16.9. The third kappa shape index (κ3) is 17.5. The second-order valence-electron chi connectivity index (χ2n) is 10.6. The molecule has 0 spiro atoms. The Kier molecular flexibility index (Phi) is 19.9. The molecule has 0 radical (unpaired) electrons. The van der Waals surface area contributed by atoms with Gasteiger partial charge in [0, 0.05) is 5.33 Å². The van der Waals surface area contributed by atoms with E-state index in [1.165, 1.54) is 147 Å². The molecule has 1 saturated heterocycles. The molecule has 0 saturated carbocycles. The number of likely N-dealkylation sites (tertiary alicyclic amines) is 1. The number of hydrogen-bond donors (Lipinski definition) is 0. The minimum atomic E-state index is 0.966. The number of unbranched alkanes of at least 4 members (excludes halogenated alkanes) is 9. The van der Waals surface area contributed by atoms with Crippen LogP contribution < -0.4 is 0 Å². The largest absolute Gasteiger partial charge is 0.306 e. The van der Waals surface area contributed by atoms with Crippen LogP contribution in [0.15, 0.2) is 0 Å². The van der Waals surface area contributed by atoms with Gasteiger partial charge in [0.2, 0.25) is 0 Å². The van der Waals surface area contributed by atoms with E-state index in [4.69, 9.17) is 0 Å². The molecule has 0 N–H and O–H groups in total. The van der Waals surface area contributed by atoms with Crippen molar-refractivity contribution in [2.75, 3.05) is 45.6 Å². The average molecular weight is 502 g/mol. The summed E-state index contributed by atoms with van der Waals surface area (Å²) in [5.41, 5.74) is 0.